The van der Waals surface area contributed by atoms with Crippen molar-refractivity contribution in [3.63, 3.8) is 0 Å². The lowest BCUT2D eigenvalue weighted by molar-refractivity contribution is 0.0423. The quantitative estimate of drug-likeness (QED) is 0.319. The van der Waals surface area contributed by atoms with Crippen LogP contribution in [-0.2, 0) is 6.42 Å². The lowest BCUT2D eigenvalue weighted by Crippen LogP contribution is -2.43. The molecule has 11 heteroatoms. The summed E-state index contributed by atoms with van der Waals surface area (Å²) in [5.74, 6) is 0.644. The number of hydrogen-bond donors (Lipinski definition) is 2. The van der Waals surface area contributed by atoms with Gasteiger partial charge in [-0.3, -0.25) is 4.90 Å². The maximum absolute atomic E-state index is 16.6. The van der Waals surface area contributed by atoms with Crippen LogP contribution >= 0.6 is 0 Å². The number of pyridine rings is 1. The van der Waals surface area contributed by atoms with Gasteiger partial charge in [-0.05, 0) is 62.7 Å². The van der Waals surface area contributed by atoms with Crippen molar-refractivity contribution in [1.82, 2.24) is 19.9 Å². The molecule has 2 N–H and O–H groups in total. The van der Waals surface area contributed by atoms with Crippen LogP contribution in [0.25, 0.3) is 32.9 Å². The highest BCUT2D eigenvalue weighted by atomic mass is 19.1. The molecule has 0 bridgehead atoms. The number of aromatic nitrogens is 3. The molecule has 43 heavy (non-hydrogen) atoms. The molecule has 0 spiro atoms. The normalized spacial score (nSPS) is 24.0. The van der Waals surface area contributed by atoms with E-state index in [0.29, 0.717) is 36.9 Å². The number of alkyl halides is 1. The van der Waals surface area contributed by atoms with E-state index >= 15 is 4.39 Å². The molecule has 2 aromatic carbocycles. The predicted molar refractivity (Wildman–Crippen MR) is 153 cm³/mol. The molecule has 5 heterocycles. The van der Waals surface area contributed by atoms with Gasteiger partial charge in [-0.25, -0.2) is 18.2 Å². The average molecular weight is 591 g/mol. The summed E-state index contributed by atoms with van der Waals surface area (Å²) >= 11 is 0. The Bertz CT molecular complexity index is 1830. The number of ether oxygens (including phenoxy) is 2. The summed E-state index contributed by atoms with van der Waals surface area (Å²) in [4.78, 5) is 15.6. The number of aliphatic hydroxyl groups excluding tert-OH is 1. The van der Waals surface area contributed by atoms with Crippen LogP contribution in [-0.4, -0.2) is 73.7 Å². The van der Waals surface area contributed by atoms with E-state index in [9.17, 15) is 19.0 Å². The Morgan fingerprint density at radius 1 is 1.23 bits per heavy atom. The molecule has 4 atom stereocenters. The molecular weight excluding hydrogens is 561 g/mol. The molecule has 222 valence electrons. The van der Waals surface area contributed by atoms with Gasteiger partial charge in [0, 0.05) is 23.9 Å². The molecule has 0 aliphatic carbocycles. The van der Waals surface area contributed by atoms with E-state index in [1.54, 1.807) is 6.92 Å². The fraction of sp³-hybridized carbons (Fsp3) is 0.406. The first-order chi connectivity index (χ1) is 20.7. The molecule has 0 amide bonds. The SMILES string of the molecule is C#Cc1c(F)ccc2cc(O)cc(-c3nc4c5c(nc(OC[C@@]67CCCN6C[C@H](F)C7)nc5c3F)O[C@@H]([C@H](C)O)CC4)c12. The van der Waals surface area contributed by atoms with E-state index in [-0.39, 0.29) is 57.4 Å². The van der Waals surface area contributed by atoms with Gasteiger partial charge in [0.2, 0.25) is 5.88 Å². The van der Waals surface area contributed by atoms with E-state index in [1.807, 2.05) is 0 Å². The van der Waals surface area contributed by atoms with E-state index in [2.05, 4.69) is 25.8 Å². The second-order valence-corrected chi connectivity index (χ2v) is 11.7. The molecule has 7 rings (SSSR count). The molecule has 2 fully saturated rings. The minimum Gasteiger partial charge on any atom is -0.508 e. The lowest BCUT2D eigenvalue weighted by atomic mass is 9.95. The summed E-state index contributed by atoms with van der Waals surface area (Å²) in [5.41, 5.74) is -0.405. The Balaban J connectivity index is 1.42. The number of fused-ring (bicyclic) bond motifs is 2. The minimum atomic E-state index is -0.954. The standard InChI is InChI=1S/C32H29F3N4O4/c1-3-20-22(34)6-5-17-11-19(41)12-21(25(17)20)28-27(35)29-26-23(36-28)7-8-24(16(2)40)43-30(26)38-31(37-29)42-15-32-9-4-10-39(32)14-18(33)13-32/h1,5-6,11-12,16,18,24,40-41H,4,7-10,13-15H2,2H3/t16-,18+,24+,32-/m0/s1. The average Bonchev–Trinajstić information content (AvgIpc) is 3.43. The van der Waals surface area contributed by atoms with Crippen LogP contribution in [0.15, 0.2) is 24.3 Å². The Labute approximate surface area is 245 Å². The summed E-state index contributed by atoms with van der Waals surface area (Å²) in [6.45, 7) is 2.83. The zero-order valence-corrected chi connectivity index (χ0v) is 23.4. The van der Waals surface area contributed by atoms with Crippen LogP contribution in [0.3, 0.4) is 0 Å². The Morgan fingerprint density at radius 2 is 2.07 bits per heavy atom. The van der Waals surface area contributed by atoms with Crippen LogP contribution in [0, 0.1) is 24.0 Å². The van der Waals surface area contributed by atoms with Gasteiger partial charge in [0.05, 0.1) is 28.3 Å². The number of terminal acetylenes is 1. The fourth-order valence-electron chi connectivity index (χ4n) is 6.92. The number of aliphatic hydroxyl groups is 1. The number of halogens is 3. The van der Waals surface area contributed by atoms with Gasteiger partial charge in [-0.15, -0.1) is 6.42 Å². The largest absolute Gasteiger partial charge is 0.508 e. The van der Waals surface area contributed by atoms with Crippen molar-refractivity contribution in [2.24, 2.45) is 0 Å². The van der Waals surface area contributed by atoms with Crippen molar-refractivity contribution in [3.8, 4) is 41.2 Å². The maximum atomic E-state index is 16.6. The highest BCUT2D eigenvalue weighted by molar-refractivity contribution is 6.02. The predicted octanol–water partition coefficient (Wildman–Crippen LogP) is 4.84. The van der Waals surface area contributed by atoms with E-state index < -0.39 is 35.6 Å². The molecule has 2 saturated heterocycles. The first-order valence-corrected chi connectivity index (χ1v) is 14.4. The van der Waals surface area contributed by atoms with Gasteiger partial charge >= 0.3 is 6.01 Å². The van der Waals surface area contributed by atoms with Gasteiger partial charge in [0.1, 0.15) is 41.7 Å². The Hall–Kier alpha value is -4.14. The number of phenols is 1. The molecule has 3 aliphatic rings. The summed E-state index contributed by atoms with van der Waals surface area (Å²) in [6.07, 6.45) is 5.83. The van der Waals surface area contributed by atoms with Gasteiger partial charge in [0.25, 0.3) is 0 Å². The van der Waals surface area contributed by atoms with Gasteiger partial charge < -0.3 is 19.7 Å². The van der Waals surface area contributed by atoms with Crippen LogP contribution in [0.1, 0.15) is 43.9 Å². The third-order valence-electron chi connectivity index (χ3n) is 8.96. The fourth-order valence-corrected chi connectivity index (χ4v) is 6.92. The summed E-state index contributed by atoms with van der Waals surface area (Å²) < 4.78 is 57.9. The first-order valence-electron chi connectivity index (χ1n) is 14.4. The Morgan fingerprint density at radius 3 is 2.86 bits per heavy atom. The van der Waals surface area contributed by atoms with Crippen molar-refractivity contribution in [3.05, 3.63) is 47.2 Å². The van der Waals surface area contributed by atoms with E-state index in [4.69, 9.17) is 15.9 Å². The number of phenolic OH excluding ortho intramolecular Hbond substituents is 1. The summed E-state index contributed by atoms with van der Waals surface area (Å²) in [7, 11) is 0. The number of aryl methyl sites for hydroxylation is 1. The van der Waals surface area contributed by atoms with Gasteiger partial charge in [-0.2, -0.15) is 9.97 Å². The number of rotatable bonds is 5. The molecular formula is C32H29F3N4O4. The molecule has 8 nitrogen and oxygen atoms in total. The van der Waals surface area contributed by atoms with E-state index in [1.165, 1.54) is 24.3 Å². The minimum absolute atomic E-state index is 0.0167. The van der Waals surface area contributed by atoms with Crippen LogP contribution in [0.5, 0.6) is 17.6 Å². The van der Waals surface area contributed by atoms with Crippen LogP contribution in [0.2, 0.25) is 0 Å². The third-order valence-corrected chi connectivity index (χ3v) is 8.96. The summed E-state index contributed by atoms with van der Waals surface area (Å²) in [5, 5.41) is 21.8. The topological polar surface area (TPSA) is 101 Å². The number of hydrogen-bond acceptors (Lipinski definition) is 8. The molecule has 0 saturated carbocycles. The maximum Gasteiger partial charge on any atom is 0.320 e. The molecule has 3 aliphatic heterocycles. The first kappa shape index (κ1) is 27.7. The second kappa shape index (κ2) is 10.2. The number of benzene rings is 2. The molecule has 0 unspecified atom stereocenters. The smallest absolute Gasteiger partial charge is 0.320 e. The van der Waals surface area contributed by atoms with Gasteiger partial charge in [0.15, 0.2) is 5.82 Å². The highest BCUT2D eigenvalue weighted by Gasteiger charge is 2.49. The molecule has 0 radical (unpaired) electrons. The summed E-state index contributed by atoms with van der Waals surface area (Å²) in [6, 6.07) is 5.19. The van der Waals surface area contributed by atoms with Crippen LogP contribution < -0.4 is 9.47 Å². The highest BCUT2D eigenvalue weighted by Crippen LogP contribution is 2.43. The van der Waals surface area contributed by atoms with Crippen molar-refractivity contribution in [2.75, 3.05) is 19.7 Å². The Kier molecular flexibility index (Phi) is 6.59. The number of nitrogens with zero attached hydrogens (tertiary/aromatic N) is 4. The zero-order valence-electron chi connectivity index (χ0n) is 23.4. The van der Waals surface area contributed by atoms with Crippen molar-refractivity contribution >= 4 is 21.7 Å². The molecule has 2 aromatic heterocycles. The van der Waals surface area contributed by atoms with Gasteiger partial charge in [-0.1, -0.05) is 12.0 Å². The second-order valence-electron chi connectivity index (χ2n) is 11.7. The van der Waals surface area contributed by atoms with Crippen molar-refractivity contribution in [1.29, 1.82) is 0 Å². The third kappa shape index (κ3) is 4.51. The monoisotopic (exact) mass is 590 g/mol. The lowest BCUT2D eigenvalue weighted by Gasteiger charge is -2.30. The van der Waals surface area contributed by atoms with Crippen molar-refractivity contribution in [2.45, 2.75) is 62.9 Å². The molecule has 4 aromatic rings. The number of aromatic hydroxyl groups is 1. The zero-order chi connectivity index (χ0) is 30.0. The van der Waals surface area contributed by atoms with Crippen molar-refractivity contribution < 1.29 is 32.9 Å². The van der Waals surface area contributed by atoms with E-state index in [0.717, 1.165) is 19.4 Å². The van der Waals surface area contributed by atoms with Crippen LogP contribution in [0.4, 0.5) is 13.2 Å².